The zero-order chi connectivity index (χ0) is 20.5. The Morgan fingerprint density at radius 1 is 1.07 bits per heavy atom. The molecule has 1 heterocycles. The fourth-order valence-corrected chi connectivity index (χ4v) is 4.20. The fourth-order valence-electron chi connectivity index (χ4n) is 2.64. The van der Waals surface area contributed by atoms with Crippen molar-refractivity contribution in [3.8, 4) is 6.07 Å². The number of anilines is 1. The van der Waals surface area contributed by atoms with E-state index in [0.29, 0.717) is 23.4 Å². The summed E-state index contributed by atoms with van der Waals surface area (Å²) in [7, 11) is 0. The van der Waals surface area contributed by atoms with Crippen molar-refractivity contribution in [3.05, 3.63) is 82.0 Å². The number of benzene rings is 2. The van der Waals surface area contributed by atoms with Gasteiger partial charge in [-0.1, -0.05) is 24.3 Å². The third-order valence-corrected chi connectivity index (χ3v) is 6.01. The van der Waals surface area contributed by atoms with Crippen LogP contribution in [0.2, 0.25) is 0 Å². The monoisotopic (exact) mass is 421 g/mol. The van der Waals surface area contributed by atoms with Crippen LogP contribution < -0.4 is 10.6 Å². The third kappa shape index (κ3) is 6.21. The highest BCUT2D eigenvalue weighted by atomic mass is 32.2. The molecular weight excluding hydrogens is 402 g/mol. The molecule has 0 aliphatic heterocycles. The van der Waals surface area contributed by atoms with Gasteiger partial charge in [0, 0.05) is 22.0 Å². The Morgan fingerprint density at radius 3 is 2.72 bits per heavy atom. The summed E-state index contributed by atoms with van der Waals surface area (Å²) in [6, 6.07) is 20.1. The molecule has 0 saturated heterocycles. The first kappa shape index (κ1) is 20.6. The Kier molecular flexibility index (Phi) is 7.45. The maximum atomic E-state index is 12.5. The lowest BCUT2D eigenvalue weighted by atomic mass is 10.2. The van der Waals surface area contributed by atoms with E-state index in [2.05, 4.69) is 10.6 Å². The largest absolute Gasteiger partial charge is 0.352 e. The lowest BCUT2D eigenvalue weighted by molar-refractivity contribution is -0.113. The molecular formula is C22H19N3O2S2. The summed E-state index contributed by atoms with van der Waals surface area (Å²) in [5, 5.41) is 16.7. The molecule has 29 heavy (non-hydrogen) atoms. The second-order valence-electron chi connectivity index (χ2n) is 6.11. The van der Waals surface area contributed by atoms with Crippen molar-refractivity contribution in [1.82, 2.24) is 5.32 Å². The summed E-state index contributed by atoms with van der Waals surface area (Å²) in [6.07, 6.45) is 0.795. The standard InChI is InChI=1S/C22H19N3O2S2/c23-14-16-5-3-6-17(13-16)25-21(26)15-29-20-9-2-1-8-19(20)22(27)24-11-10-18-7-4-12-28-18/h1-9,12-13H,10-11,15H2,(H,24,27)(H,25,26). The second-order valence-corrected chi connectivity index (χ2v) is 8.16. The topological polar surface area (TPSA) is 82.0 Å². The van der Waals surface area contributed by atoms with Gasteiger partial charge in [-0.05, 0) is 48.2 Å². The predicted molar refractivity (Wildman–Crippen MR) is 117 cm³/mol. The minimum absolute atomic E-state index is 0.146. The maximum Gasteiger partial charge on any atom is 0.252 e. The molecule has 146 valence electrons. The van der Waals surface area contributed by atoms with E-state index in [4.69, 9.17) is 5.26 Å². The SMILES string of the molecule is N#Cc1cccc(NC(=O)CSc2ccccc2C(=O)NCCc2cccs2)c1. The molecule has 0 bridgehead atoms. The summed E-state index contributed by atoms with van der Waals surface area (Å²) in [5.74, 6) is -0.180. The highest BCUT2D eigenvalue weighted by molar-refractivity contribution is 8.00. The van der Waals surface area contributed by atoms with Crippen LogP contribution in [0, 0.1) is 11.3 Å². The number of rotatable bonds is 8. The zero-order valence-electron chi connectivity index (χ0n) is 15.6. The van der Waals surface area contributed by atoms with Gasteiger partial charge in [0.25, 0.3) is 5.91 Å². The van der Waals surface area contributed by atoms with E-state index in [1.165, 1.54) is 16.6 Å². The lowest BCUT2D eigenvalue weighted by Crippen LogP contribution is -2.26. The average Bonchev–Trinajstić information content (AvgIpc) is 3.26. The van der Waals surface area contributed by atoms with Crippen LogP contribution >= 0.6 is 23.1 Å². The maximum absolute atomic E-state index is 12.5. The van der Waals surface area contributed by atoms with E-state index in [0.717, 1.165) is 11.3 Å². The summed E-state index contributed by atoms with van der Waals surface area (Å²) in [4.78, 5) is 26.8. The Labute approximate surface area is 177 Å². The number of hydrogen-bond acceptors (Lipinski definition) is 5. The Hall–Kier alpha value is -3.08. The highest BCUT2D eigenvalue weighted by Crippen LogP contribution is 2.23. The van der Waals surface area contributed by atoms with Crippen molar-refractivity contribution in [2.24, 2.45) is 0 Å². The lowest BCUT2D eigenvalue weighted by Gasteiger charge is -2.10. The van der Waals surface area contributed by atoms with Crippen LogP contribution in [0.3, 0.4) is 0 Å². The smallest absolute Gasteiger partial charge is 0.252 e. The van der Waals surface area contributed by atoms with Gasteiger partial charge in [-0.25, -0.2) is 0 Å². The minimum atomic E-state index is -0.196. The van der Waals surface area contributed by atoms with Gasteiger partial charge in [-0.15, -0.1) is 23.1 Å². The number of nitrogens with zero attached hydrogens (tertiary/aromatic N) is 1. The quantitative estimate of drug-likeness (QED) is 0.531. The normalized spacial score (nSPS) is 10.2. The molecule has 2 amide bonds. The number of carbonyl (C=O) groups is 2. The number of nitriles is 1. The molecule has 0 spiro atoms. The molecule has 0 saturated carbocycles. The van der Waals surface area contributed by atoms with Crippen LogP contribution in [-0.4, -0.2) is 24.1 Å². The van der Waals surface area contributed by atoms with E-state index in [-0.39, 0.29) is 17.6 Å². The van der Waals surface area contributed by atoms with Crippen molar-refractivity contribution in [2.45, 2.75) is 11.3 Å². The molecule has 7 heteroatoms. The average molecular weight is 422 g/mol. The summed E-state index contributed by atoms with van der Waals surface area (Å²) in [5.41, 5.74) is 1.62. The van der Waals surface area contributed by atoms with Gasteiger partial charge < -0.3 is 10.6 Å². The molecule has 0 unspecified atom stereocenters. The van der Waals surface area contributed by atoms with Crippen LogP contribution in [-0.2, 0) is 11.2 Å². The minimum Gasteiger partial charge on any atom is -0.352 e. The number of amides is 2. The molecule has 0 atom stereocenters. The first-order chi connectivity index (χ1) is 14.2. The molecule has 0 aliphatic rings. The van der Waals surface area contributed by atoms with Crippen molar-refractivity contribution in [3.63, 3.8) is 0 Å². The molecule has 2 N–H and O–H groups in total. The van der Waals surface area contributed by atoms with Crippen LogP contribution in [0.5, 0.6) is 0 Å². The van der Waals surface area contributed by atoms with Gasteiger partial charge >= 0.3 is 0 Å². The highest BCUT2D eigenvalue weighted by Gasteiger charge is 2.13. The first-order valence-electron chi connectivity index (χ1n) is 8.98. The summed E-state index contributed by atoms with van der Waals surface area (Å²) in [6.45, 7) is 0.564. The van der Waals surface area contributed by atoms with Crippen molar-refractivity contribution < 1.29 is 9.59 Å². The summed E-state index contributed by atoms with van der Waals surface area (Å²) >= 11 is 2.98. The third-order valence-electron chi connectivity index (χ3n) is 4.00. The van der Waals surface area contributed by atoms with Gasteiger partial charge in [0.2, 0.25) is 5.91 Å². The Morgan fingerprint density at radius 2 is 1.93 bits per heavy atom. The molecule has 0 radical (unpaired) electrons. The Balaban J connectivity index is 1.54. The molecule has 3 rings (SSSR count). The summed E-state index contributed by atoms with van der Waals surface area (Å²) < 4.78 is 0. The van der Waals surface area contributed by atoms with E-state index in [9.17, 15) is 9.59 Å². The molecule has 1 aromatic heterocycles. The molecule has 0 fully saturated rings. The Bertz CT molecular complexity index is 1030. The predicted octanol–water partition coefficient (Wildman–Crippen LogP) is 4.32. The first-order valence-corrected chi connectivity index (χ1v) is 10.8. The van der Waals surface area contributed by atoms with Crippen molar-refractivity contribution >= 4 is 40.6 Å². The second kappa shape index (κ2) is 10.5. The number of hydrogen-bond donors (Lipinski definition) is 2. The number of thiophene rings is 1. The van der Waals surface area contributed by atoms with Crippen molar-refractivity contribution in [2.75, 3.05) is 17.6 Å². The van der Waals surface area contributed by atoms with Crippen LogP contribution in [0.15, 0.2) is 70.9 Å². The van der Waals surface area contributed by atoms with Gasteiger partial charge in [-0.3, -0.25) is 9.59 Å². The number of carbonyl (C=O) groups excluding carboxylic acids is 2. The number of nitrogens with one attached hydrogen (secondary N) is 2. The number of thioether (sulfide) groups is 1. The molecule has 3 aromatic rings. The molecule has 2 aromatic carbocycles. The van der Waals surface area contributed by atoms with E-state index < -0.39 is 0 Å². The zero-order valence-corrected chi connectivity index (χ0v) is 17.2. The van der Waals surface area contributed by atoms with Gasteiger partial charge in [0.1, 0.15) is 0 Å². The van der Waals surface area contributed by atoms with E-state index in [1.54, 1.807) is 41.7 Å². The van der Waals surface area contributed by atoms with Crippen LogP contribution in [0.25, 0.3) is 0 Å². The molecule has 5 nitrogen and oxygen atoms in total. The van der Waals surface area contributed by atoms with Crippen molar-refractivity contribution in [1.29, 1.82) is 5.26 Å². The van der Waals surface area contributed by atoms with Crippen LogP contribution in [0.1, 0.15) is 20.8 Å². The van der Waals surface area contributed by atoms with Gasteiger partial charge in [0.05, 0.1) is 22.9 Å². The molecule has 0 aliphatic carbocycles. The van der Waals surface area contributed by atoms with Crippen LogP contribution in [0.4, 0.5) is 5.69 Å². The van der Waals surface area contributed by atoms with Gasteiger partial charge in [0.15, 0.2) is 0 Å². The van der Waals surface area contributed by atoms with E-state index in [1.807, 2.05) is 41.8 Å². The van der Waals surface area contributed by atoms with E-state index >= 15 is 0 Å². The fraction of sp³-hybridized carbons (Fsp3) is 0.136. The van der Waals surface area contributed by atoms with Gasteiger partial charge in [-0.2, -0.15) is 5.26 Å².